The van der Waals surface area contributed by atoms with Crippen LogP contribution in [0.25, 0.3) is 22.2 Å². The SMILES string of the molecule is COc1ccc(C(=O)OCc2nc(-c3ccsc3)no2)c2ccccc12. The number of fused-ring (bicyclic) bond motifs is 1. The Morgan fingerprint density at radius 3 is 2.77 bits per heavy atom. The molecule has 0 radical (unpaired) electrons. The fraction of sp³-hybridized carbons (Fsp3) is 0.105. The van der Waals surface area contributed by atoms with Crippen molar-refractivity contribution in [1.82, 2.24) is 10.1 Å². The van der Waals surface area contributed by atoms with Gasteiger partial charge in [0.25, 0.3) is 5.89 Å². The summed E-state index contributed by atoms with van der Waals surface area (Å²) in [6, 6.07) is 12.9. The molecule has 0 saturated carbocycles. The van der Waals surface area contributed by atoms with Gasteiger partial charge in [-0.15, -0.1) is 0 Å². The van der Waals surface area contributed by atoms with Crippen LogP contribution >= 0.6 is 11.3 Å². The lowest BCUT2D eigenvalue weighted by molar-refractivity contribution is 0.0432. The first-order valence-electron chi connectivity index (χ1n) is 7.84. The molecule has 26 heavy (non-hydrogen) atoms. The van der Waals surface area contributed by atoms with Gasteiger partial charge < -0.3 is 14.0 Å². The minimum atomic E-state index is -0.459. The van der Waals surface area contributed by atoms with E-state index in [9.17, 15) is 4.79 Å². The first kappa shape index (κ1) is 16.3. The quantitative estimate of drug-likeness (QED) is 0.490. The summed E-state index contributed by atoms with van der Waals surface area (Å²) < 4.78 is 15.8. The van der Waals surface area contributed by atoms with Crippen LogP contribution < -0.4 is 4.74 Å². The minimum absolute atomic E-state index is 0.0870. The van der Waals surface area contributed by atoms with Crippen LogP contribution in [-0.2, 0) is 11.3 Å². The number of nitrogens with zero attached hydrogens (tertiary/aromatic N) is 2. The average Bonchev–Trinajstić information content (AvgIpc) is 3.36. The van der Waals surface area contributed by atoms with E-state index in [0.717, 1.165) is 16.3 Å². The Balaban J connectivity index is 1.53. The minimum Gasteiger partial charge on any atom is -0.496 e. The first-order valence-corrected chi connectivity index (χ1v) is 8.78. The average molecular weight is 366 g/mol. The molecular weight excluding hydrogens is 352 g/mol. The van der Waals surface area contributed by atoms with E-state index in [-0.39, 0.29) is 12.5 Å². The van der Waals surface area contributed by atoms with E-state index in [1.165, 1.54) is 0 Å². The van der Waals surface area contributed by atoms with Gasteiger partial charge in [-0.25, -0.2) is 4.79 Å². The lowest BCUT2D eigenvalue weighted by atomic mass is 10.0. The molecule has 130 valence electrons. The van der Waals surface area contributed by atoms with Crippen molar-refractivity contribution in [2.45, 2.75) is 6.61 Å². The molecule has 4 aromatic rings. The van der Waals surface area contributed by atoms with Crippen molar-refractivity contribution in [3.63, 3.8) is 0 Å². The van der Waals surface area contributed by atoms with Gasteiger partial charge in [0, 0.05) is 16.3 Å². The fourth-order valence-corrected chi connectivity index (χ4v) is 3.29. The van der Waals surface area contributed by atoms with Crippen molar-refractivity contribution in [2.75, 3.05) is 7.11 Å². The van der Waals surface area contributed by atoms with Crippen molar-refractivity contribution in [3.05, 3.63) is 64.7 Å². The second-order valence-electron chi connectivity index (χ2n) is 5.46. The summed E-state index contributed by atoms with van der Waals surface area (Å²) in [7, 11) is 1.60. The molecule has 4 rings (SSSR count). The molecule has 0 amide bonds. The summed E-state index contributed by atoms with van der Waals surface area (Å²) in [6.07, 6.45) is 0. The Bertz CT molecular complexity index is 1060. The van der Waals surface area contributed by atoms with Crippen molar-refractivity contribution < 1.29 is 18.8 Å². The Hall–Kier alpha value is -3.19. The Morgan fingerprint density at radius 2 is 2.00 bits per heavy atom. The summed E-state index contributed by atoms with van der Waals surface area (Å²) in [5.74, 6) is 0.971. The Kier molecular flexibility index (Phi) is 4.37. The maximum atomic E-state index is 12.5. The number of hydrogen-bond acceptors (Lipinski definition) is 7. The number of thiophene rings is 1. The van der Waals surface area contributed by atoms with Gasteiger partial charge in [0.15, 0.2) is 6.61 Å². The van der Waals surface area contributed by atoms with E-state index in [2.05, 4.69) is 10.1 Å². The van der Waals surface area contributed by atoms with Crippen molar-refractivity contribution >= 4 is 28.1 Å². The second kappa shape index (κ2) is 6.97. The van der Waals surface area contributed by atoms with Gasteiger partial charge in [-0.05, 0) is 29.0 Å². The number of rotatable bonds is 5. The third kappa shape index (κ3) is 3.04. The molecule has 0 fully saturated rings. The van der Waals surface area contributed by atoms with Crippen LogP contribution in [0.15, 0.2) is 57.7 Å². The number of methoxy groups -OCH3 is 1. The molecule has 7 heteroatoms. The van der Waals surface area contributed by atoms with Crippen molar-refractivity contribution in [1.29, 1.82) is 0 Å². The molecule has 2 aromatic carbocycles. The maximum absolute atomic E-state index is 12.5. The van der Waals surface area contributed by atoms with Gasteiger partial charge in [-0.3, -0.25) is 0 Å². The smallest absolute Gasteiger partial charge is 0.339 e. The van der Waals surface area contributed by atoms with Crippen LogP contribution in [0, 0.1) is 0 Å². The number of benzene rings is 2. The molecule has 0 bridgehead atoms. The summed E-state index contributed by atoms with van der Waals surface area (Å²) in [5, 5.41) is 9.36. The second-order valence-corrected chi connectivity index (χ2v) is 6.24. The number of esters is 1. The molecule has 0 saturated heterocycles. The predicted octanol–water partition coefficient (Wildman–Crippen LogP) is 4.32. The van der Waals surface area contributed by atoms with E-state index in [0.29, 0.717) is 17.1 Å². The topological polar surface area (TPSA) is 74.5 Å². The van der Waals surface area contributed by atoms with Crippen LogP contribution in [0.4, 0.5) is 0 Å². The molecule has 6 nitrogen and oxygen atoms in total. The van der Waals surface area contributed by atoms with Gasteiger partial charge in [-0.2, -0.15) is 16.3 Å². The predicted molar refractivity (Wildman–Crippen MR) is 97.2 cm³/mol. The highest BCUT2D eigenvalue weighted by Gasteiger charge is 2.16. The molecule has 0 aliphatic heterocycles. The first-order chi connectivity index (χ1) is 12.8. The number of carbonyl (C=O) groups is 1. The summed E-state index contributed by atoms with van der Waals surface area (Å²) >= 11 is 1.55. The Labute approximate surface area is 153 Å². The molecule has 0 aliphatic carbocycles. The van der Waals surface area contributed by atoms with Gasteiger partial charge >= 0.3 is 5.97 Å². The fourth-order valence-electron chi connectivity index (χ4n) is 2.65. The molecule has 0 unspecified atom stereocenters. The highest BCUT2D eigenvalue weighted by atomic mass is 32.1. The van der Waals surface area contributed by atoms with Crippen LogP contribution in [-0.4, -0.2) is 23.2 Å². The molecule has 0 spiro atoms. The number of aromatic nitrogens is 2. The van der Waals surface area contributed by atoms with E-state index in [4.69, 9.17) is 14.0 Å². The number of ether oxygens (including phenoxy) is 2. The van der Waals surface area contributed by atoms with E-state index >= 15 is 0 Å². The number of hydrogen-bond donors (Lipinski definition) is 0. The molecule has 0 atom stereocenters. The summed E-state index contributed by atoms with van der Waals surface area (Å²) in [5.41, 5.74) is 1.33. The molecule has 0 N–H and O–H groups in total. The highest BCUT2D eigenvalue weighted by Crippen LogP contribution is 2.29. The zero-order chi connectivity index (χ0) is 17.9. The third-order valence-electron chi connectivity index (χ3n) is 3.90. The van der Waals surface area contributed by atoms with Crippen LogP contribution in [0.3, 0.4) is 0 Å². The van der Waals surface area contributed by atoms with Crippen molar-refractivity contribution in [3.8, 4) is 17.1 Å². The summed E-state index contributed by atoms with van der Waals surface area (Å²) in [6.45, 7) is -0.0870. The van der Waals surface area contributed by atoms with Crippen LogP contribution in [0.2, 0.25) is 0 Å². The standard InChI is InChI=1S/C19H14N2O4S/c1-23-16-7-6-15(13-4-2-3-5-14(13)16)19(22)24-10-17-20-18(21-25-17)12-8-9-26-11-12/h2-9,11H,10H2,1H3. The maximum Gasteiger partial charge on any atom is 0.339 e. The van der Waals surface area contributed by atoms with Gasteiger partial charge in [-0.1, -0.05) is 29.4 Å². The zero-order valence-corrected chi connectivity index (χ0v) is 14.7. The zero-order valence-electron chi connectivity index (χ0n) is 13.8. The molecule has 0 aliphatic rings. The molecular formula is C19H14N2O4S. The van der Waals surface area contributed by atoms with Crippen LogP contribution in [0.1, 0.15) is 16.2 Å². The van der Waals surface area contributed by atoms with Gasteiger partial charge in [0.05, 0.1) is 12.7 Å². The van der Waals surface area contributed by atoms with E-state index in [1.54, 1.807) is 30.6 Å². The van der Waals surface area contributed by atoms with Crippen molar-refractivity contribution in [2.24, 2.45) is 0 Å². The lowest BCUT2D eigenvalue weighted by Gasteiger charge is -2.09. The van der Waals surface area contributed by atoms with Gasteiger partial charge in [0.1, 0.15) is 5.75 Å². The van der Waals surface area contributed by atoms with E-state index in [1.807, 2.05) is 41.1 Å². The Morgan fingerprint density at radius 1 is 1.15 bits per heavy atom. The van der Waals surface area contributed by atoms with E-state index < -0.39 is 5.97 Å². The van der Waals surface area contributed by atoms with Crippen LogP contribution in [0.5, 0.6) is 5.75 Å². The largest absolute Gasteiger partial charge is 0.496 e. The lowest BCUT2D eigenvalue weighted by Crippen LogP contribution is -2.06. The molecule has 2 heterocycles. The monoisotopic (exact) mass is 366 g/mol. The number of carbonyl (C=O) groups excluding carboxylic acids is 1. The normalized spacial score (nSPS) is 10.8. The molecule has 2 aromatic heterocycles. The third-order valence-corrected chi connectivity index (χ3v) is 4.58. The van der Waals surface area contributed by atoms with Gasteiger partial charge in [0.2, 0.25) is 5.82 Å². The summed E-state index contributed by atoms with van der Waals surface area (Å²) in [4.78, 5) is 16.8. The highest BCUT2D eigenvalue weighted by molar-refractivity contribution is 7.08.